The molecule has 30 heavy (non-hydrogen) atoms. The van der Waals surface area contributed by atoms with E-state index in [1.165, 1.54) is 12.0 Å². The van der Waals surface area contributed by atoms with E-state index in [1.807, 2.05) is 47.1 Å². The number of ether oxygens (including phenoxy) is 1. The van der Waals surface area contributed by atoms with Crippen LogP contribution in [0.4, 0.5) is 0 Å². The summed E-state index contributed by atoms with van der Waals surface area (Å²) >= 11 is 0. The zero-order valence-corrected chi connectivity index (χ0v) is 18.6. The second-order valence-electron chi connectivity index (χ2n) is 7.44. The van der Waals surface area contributed by atoms with Crippen LogP contribution in [0, 0.1) is 12.8 Å². The van der Waals surface area contributed by atoms with E-state index >= 15 is 0 Å². The van der Waals surface area contributed by atoms with Gasteiger partial charge in [-0.25, -0.2) is 4.98 Å². The molecule has 3 heterocycles. The summed E-state index contributed by atoms with van der Waals surface area (Å²) in [6.45, 7) is 5.17. The molecule has 0 aliphatic carbocycles. The number of rotatable bonds is 6. The fourth-order valence-electron chi connectivity index (χ4n) is 3.55. The molecule has 1 aliphatic heterocycles. The van der Waals surface area contributed by atoms with Crippen LogP contribution >= 0.6 is 24.8 Å². The van der Waals surface area contributed by atoms with Crippen LogP contribution in [0.5, 0.6) is 5.75 Å². The molecule has 1 fully saturated rings. The number of benzene rings is 1. The first-order valence-corrected chi connectivity index (χ1v) is 9.83. The fraction of sp³-hybridized carbons (Fsp3) is 0.364. The lowest BCUT2D eigenvalue weighted by Crippen LogP contribution is -2.38. The molecule has 2 aromatic heterocycles. The van der Waals surface area contributed by atoms with Crippen molar-refractivity contribution >= 4 is 36.4 Å². The van der Waals surface area contributed by atoms with Gasteiger partial charge in [0, 0.05) is 24.5 Å². The number of halogens is 2. The molecule has 1 aromatic carbocycles. The Labute approximate surface area is 189 Å². The number of piperidine rings is 1. The number of fused-ring (bicyclic) bond motifs is 1. The summed E-state index contributed by atoms with van der Waals surface area (Å²) in [5.74, 6) is 1.12. The fourth-order valence-corrected chi connectivity index (χ4v) is 3.55. The second-order valence-corrected chi connectivity index (χ2v) is 7.44. The second kappa shape index (κ2) is 11.2. The average molecular weight is 451 g/mol. The molecule has 0 saturated carbocycles. The Morgan fingerprint density at radius 2 is 2.13 bits per heavy atom. The van der Waals surface area contributed by atoms with Crippen molar-refractivity contribution in [1.82, 2.24) is 20.0 Å². The van der Waals surface area contributed by atoms with E-state index in [0.29, 0.717) is 30.4 Å². The number of aromatic nitrogens is 2. The van der Waals surface area contributed by atoms with Gasteiger partial charge in [-0.2, -0.15) is 0 Å². The number of carbonyl (C=O) groups excluding carboxylic acids is 1. The van der Waals surface area contributed by atoms with E-state index in [0.717, 1.165) is 30.9 Å². The molecule has 1 unspecified atom stereocenters. The highest BCUT2D eigenvalue weighted by molar-refractivity contribution is 5.94. The highest BCUT2D eigenvalue weighted by atomic mass is 35.5. The Morgan fingerprint density at radius 3 is 2.93 bits per heavy atom. The van der Waals surface area contributed by atoms with Crippen molar-refractivity contribution in [3.63, 3.8) is 0 Å². The molecule has 8 heteroatoms. The normalized spacial score (nSPS) is 15.7. The molecule has 2 N–H and O–H groups in total. The van der Waals surface area contributed by atoms with E-state index < -0.39 is 0 Å². The number of carbonyl (C=O) groups is 1. The lowest BCUT2D eigenvalue weighted by Gasteiger charge is -2.22. The third-order valence-electron chi connectivity index (χ3n) is 5.08. The lowest BCUT2D eigenvalue weighted by molar-refractivity contribution is 0.0944. The van der Waals surface area contributed by atoms with E-state index in [4.69, 9.17) is 4.74 Å². The summed E-state index contributed by atoms with van der Waals surface area (Å²) in [5, 5.41) is 6.42. The zero-order valence-electron chi connectivity index (χ0n) is 17.0. The summed E-state index contributed by atoms with van der Waals surface area (Å²) in [7, 11) is 0. The predicted octanol–water partition coefficient (Wildman–Crippen LogP) is 3.79. The summed E-state index contributed by atoms with van der Waals surface area (Å²) < 4.78 is 7.87. The van der Waals surface area contributed by atoms with Crippen molar-refractivity contribution in [3.8, 4) is 5.75 Å². The topological polar surface area (TPSA) is 67.7 Å². The smallest absolute Gasteiger partial charge is 0.251 e. The first kappa shape index (κ1) is 24.0. The molecule has 1 amide bonds. The quantitative estimate of drug-likeness (QED) is 0.599. The van der Waals surface area contributed by atoms with Crippen LogP contribution in [0.3, 0.4) is 0 Å². The summed E-state index contributed by atoms with van der Waals surface area (Å²) in [6.07, 6.45) is 6.34. The zero-order chi connectivity index (χ0) is 19.3. The average Bonchev–Trinajstić information content (AvgIpc) is 3.13. The van der Waals surface area contributed by atoms with Gasteiger partial charge in [0.1, 0.15) is 18.0 Å². The number of imidazole rings is 1. The Hall–Kier alpha value is -2.28. The SMILES string of the molecule is Cc1ccc2nc(COc3cccc(C(=O)NCC4CCCNC4)c3)cn2c1.Cl.Cl. The molecule has 3 aromatic rings. The Balaban J connectivity index is 0.00000160. The van der Waals surface area contributed by atoms with Crippen LogP contribution in [-0.2, 0) is 6.61 Å². The number of amides is 1. The van der Waals surface area contributed by atoms with Crippen LogP contribution in [0.25, 0.3) is 5.65 Å². The maximum absolute atomic E-state index is 12.5. The van der Waals surface area contributed by atoms with Crippen molar-refractivity contribution in [2.45, 2.75) is 26.4 Å². The number of nitrogens with one attached hydrogen (secondary N) is 2. The minimum Gasteiger partial charge on any atom is -0.487 e. The van der Waals surface area contributed by atoms with Crippen molar-refractivity contribution in [3.05, 3.63) is 65.6 Å². The van der Waals surface area contributed by atoms with Crippen molar-refractivity contribution in [2.24, 2.45) is 5.92 Å². The first-order valence-electron chi connectivity index (χ1n) is 9.83. The van der Waals surface area contributed by atoms with Crippen LogP contribution in [0.2, 0.25) is 0 Å². The molecular formula is C22H28Cl2N4O2. The van der Waals surface area contributed by atoms with E-state index in [2.05, 4.69) is 22.5 Å². The number of hydrogen-bond donors (Lipinski definition) is 2. The molecule has 162 valence electrons. The minimum absolute atomic E-state index is 0. The van der Waals surface area contributed by atoms with Crippen LogP contribution in [0.1, 0.15) is 34.5 Å². The molecule has 1 atom stereocenters. The van der Waals surface area contributed by atoms with E-state index in [1.54, 1.807) is 6.07 Å². The highest BCUT2D eigenvalue weighted by Gasteiger charge is 2.15. The van der Waals surface area contributed by atoms with Crippen molar-refractivity contribution in [1.29, 1.82) is 0 Å². The van der Waals surface area contributed by atoms with E-state index in [-0.39, 0.29) is 30.7 Å². The van der Waals surface area contributed by atoms with Crippen molar-refractivity contribution in [2.75, 3.05) is 19.6 Å². The molecule has 0 radical (unpaired) electrons. The van der Waals surface area contributed by atoms with Crippen LogP contribution < -0.4 is 15.4 Å². The summed E-state index contributed by atoms with van der Waals surface area (Å²) in [4.78, 5) is 17.0. The summed E-state index contributed by atoms with van der Waals surface area (Å²) in [6, 6.07) is 11.3. The molecule has 1 aliphatic rings. The van der Waals surface area contributed by atoms with Gasteiger partial charge in [0.15, 0.2) is 0 Å². The van der Waals surface area contributed by atoms with Crippen LogP contribution in [0.15, 0.2) is 48.8 Å². The van der Waals surface area contributed by atoms with Gasteiger partial charge in [0.05, 0.1) is 5.69 Å². The third kappa shape index (κ3) is 6.11. The Morgan fingerprint density at radius 1 is 1.27 bits per heavy atom. The molecule has 4 rings (SSSR count). The number of hydrogen-bond acceptors (Lipinski definition) is 4. The van der Waals surface area contributed by atoms with Gasteiger partial charge in [-0.1, -0.05) is 12.1 Å². The first-order chi connectivity index (χ1) is 13.7. The monoisotopic (exact) mass is 450 g/mol. The van der Waals surface area contributed by atoms with Gasteiger partial charge in [-0.15, -0.1) is 24.8 Å². The Bertz CT molecular complexity index is 971. The molecular weight excluding hydrogens is 423 g/mol. The van der Waals surface area contributed by atoms with Gasteiger partial charge in [0.25, 0.3) is 5.91 Å². The minimum atomic E-state index is -0.0563. The van der Waals surface area contributed by atoms with Gasteiger partial charge in [-0.3, -0.25) is 4.79 Å². The maximum atomic E-state index is 12.5. The lowest BCUT2D eigenvalue weighted by atomic mass is 9.99. The number of pyridine rings is 1. The Kier molecular flexibility index (Phi) is 8.96. The van der Waals surface area contributed by atoms with Gasteiger partial charge >= 0.3 is 0 Å². The highest BCUT2D eigenvalue weighted by Crippen LogP contribution is 2.16. The molecule has 0 spiro atoms. The van der Waals surface area contributed by atoms with Gasteiger partial charge in [-0.05, 0) is 68.6 Å². The van der Waals surface area contributed by atoms with Crippen molar-refractivity contribution < 1.29 is 9.53 Å². The number of nitrogens with zero attached hydrogens (tertiary/aromatic N) is 2. The summed E-state index contributed by atoms with van der Waals surface area (Å²) in [5.41, 5.74) is 3.55. The standard InChI is InChI=1S/C22H26N4O2.2ClH/c1-16-7-8-21-25-19(14-26(21)13-16)15-28-20-6-2-5-18(10-20)22(27)24-12-17-4-3-9-23-11-17;;/h2,5-8,10,13-14,17,23H,3-4,9,11-12,15H2,1H3,(H,24,27);2*1H. The van der Waals surface area contributed by atoms with E-state index in [9.17, 15) is 4.79 Å². The van der Waals surface area contributed by atoms with Crippen LogP contribution in [-0.4, -0.2) is 34.9 Å². The largest absolute Gasteiger partial charge is 0.487 e. The van der Waals surface area contributed by atoms with Gasteiger partial charge in [0.2, 0.25) is 0 Å². The molecule has 1 saturated heterocycles. The maximum Gasteiger partial charge on any atom is 0.251 e. The van der Waals surface area contributed by atoms with Gasteiger partial charge < -0.3 is 19.8 Å². The number of aryl methyl sites for hydroxylation is 1. The molecule has 6 nitrogen and oxygen atoms in total. The predicted molar refractivity (Wildman–Crippen MR) is 123 cm³/mol. The third-order valence-corrected chi connectivity index (χ3v) is 5.08. The molecule has 0 bridgehead atoms.